The highest BCUT2D eigenvalue weighted by Gasteiger charge is 2.27. The fourth-order valence-corrected chi connectivity index (χ4v) is 3.00. The standard InChI is InChI=1S/C16H25N3O4.2ClH/c1-11(2)3-4-13(18-7-5-17-6-8-18)12-9-14(19(22)23)16(21)15(20)10-12;;/h9-11,13,17,20-21H,3-8H2,1-2H3;2*1H/t13-;;/m1../s1. The minimum atomic E-state index is -0.665. The van der Waals surface area contributed by atoms with E-state index in [1.165, 1.54) is 12.1 Å². The lowest BCUT2D eigenvalue weighted by molar-refractivity contribution is -0.386. The van der Waals surface area contributed by atoms with Crippen molar-refractivity contribution in [2.24, 2.45) is 5.92 Å². The molecule has 25 heavy (non-hydrogen) atoms. The molecule has 0 bridgehead atoms. The molecule has 1 fully saturated rings. The number of hydrogen-bond donors (Lipinski definition) is 3. The summed E-state index contributed by atoms with van der Waals surface area (Å²) in [6.07, 6.45) is 1.85. The Bertz CT molecular complexity index is 567. The first kappa shape index (κ1) is 23.7. The minimum absolute atomic E-state index is 0. The number of phenols is 2. The number of nitro benzene ring substituents is 1. The number of piperazine rings is 1. The minimum Gasteiger partial charge on any atom is -0.504 e. The largest absolute Gasteiger partial charge is 0.504 e. The van der Waals surface area contributed by atoms with Gasteiger partial charge in [0, 0.05) is 38.3 Å². The molecule has 0 saturated carbocycles. The van der Waals surface area contributed by atoms with E-state index >= 15 is 0 Å². The Morgan fingerprint density at radius 1 is 1.20 bits per heavy atom. The molecule has 0 spiro atoms. The maximum atomic E-state index is 11.1. The maximum absolute atomic E-state index is 11.1. The monoisotopic (exact) mass is 395 g/mol. The van der Waals surface area contributed by atoms with Crippen molar-refractivity contribution in [2.45, 2.75) is 32.7 Å². The molecule has 3 N–H and O–H groups in total. The number of nitrogens with one attached hydrogen (secondary N) is 1. The van der Waals surface area contributed by atoms with E-state index in [4.69, 9.17) is 0 Å². The summed E-state index contributed by atoms with van der Waals surface area (Å²) in [5, 5.41) is 34.0. The van der Waals surface area contributed by atoms with Crippen molar-refractivity contribution in [3.05, 3.63) is 27.8 Å². The van der Waals surface area contributed by atoms with Gasteiger partial charge >= 0.3 is 5.69 Å². The second-order valence-electron chi connectivity index (χ2n) is 6.44. The van der Waals surface area contributed by atoms with Crippen molar-refractivity contribution in [2.75, 3.05) is 26.2 Å². The van der Waals surface area contributed by atoms with Crippen LogP contribution in [0.25, 0.3) is 0 Å². The van der Waals surface area contributed by atoms with Gasteiger partial charge in [-0.2, -0.15) is 0 Å². The van der Waals surface area contributed by atoms with Gasteiger partial charge in [-0.15, -0.1) is 24.8 Å². The van der Waals surface area contributed by atoms with E-state index in [-0.39, 0.29) is 30.9 Å². The molecular formula is C16H27Cl2N3O4. The van der Waals surface area contributed by atoms with Crippen LogP contribution in [0.3, 0.4) is 0 Å². The number of hydrogen-bond acceptors (Lipinski definition) is 6. The Kier molecular flexibility index (Phi) is 10.1. The van der Waals surface area contributed by atoms with Crippen LogP contribution < -0.4 is 5.32 Å². The highest BCUT2D eigenvalue weighted by molar-refractivity contribution is 5.85. The van der Waals surface area contributed by atoms with E-state index in [9.17, 15) is 20.3 Å². The molecule has 1 atom stereocenters. The number of nitro groups is 1. The first-order chi connectivity index (χ1) is 10.9. The van der Waals surface area contributed by atoms with Crippen LogP contribution >= 0.6 is 24.8 Å². The lowest BCUT2D eigenvalue weighted by Gasteiger charge is -2.35. The number of aromatic hydroxyl groups is 2. The number of phenolic OH excluding ortho intramolecular Hbond substituents is 2. The van der Waals surface area contributed by atoms with Gasteiger partial charge < -0.3 is 15.5 Å². The zero-order chi connectivity index (χ0) is 17.0. The van der Waals surface area contributed by atoms with E-state index < -0.39 is 22.1 Å². The zero-order valence-electron chi connectivity index (χ0n) is 14.5. The van der Waals surface area contributed by atoms with Crippen LogP contribution in [-0.4, -0.2) is 46.2 Å². The van der Waals surface area contributed by atoms with Gasteiger partial charge in [0.15, 0.2) is 5.75 Å². The van der Waals surface area contributed by atoms with Gasteiger partial charge in [-0.25, -0.2) is 0 Å². The Morgan fingerprint density at radius 2 is 1.80 bits per heavy atom. The summed E-state index contributed by atoms with van der Waals surface area (Å²) in [5.41, 5.74) is 0.249. The van der Waals surface area contributed by atoms with E-state index in [2.05, 4.69) is 24.1 Å². The molecule has 0 aliphatic carbocycles. The van der Waals surface area contributed by atoms with Crippen LogP contribution in [0.2, 0.25) is 0 Å². The van der Waals surface area contributed by atoms with Gasteiger partial charge in [0.05, 0.1) is 4.92 Å². The summed E-state index contributed by atoms with van der Waals surface area (Å²) in [4.78, 5) is 12.7. The molecular weight excluding hydrogens is 369 g/mol. The van der Waals surface area contributed by atoms with E-state index in [0.29, 0.717) is 11.5 Å². The molecule has 1 aliphatic heterocycles. The third kappa shape index (κ3) is 6.18. The first-order valence-electron chi connectivity index (χ1n) is 8.05. The first-order valence-corrected chi connectivity index (χ1v) is 8.05. The van der Waals surface area contributed by atoms with E-state index in [1.807, 2.05) is 0 Å². The lowest BCUT2D eigenvalue weighted by atomic mass is 9.95. The number of halogens is 2. The zero-order valence-corrected chi connectivity index (χ0v) is 16.1. The van der Waals surface area contributed by atoms with Crippen LogP contribution in [0, 0.1) is 16.0 Å². The summed E-state index contributed by atoms with van der Waals surface area (Å²) in [6, 6.07) is 2.85. The molecule has 2 rings (SSSR count). The van der Waals surface area contributed by atoms with Gasteiger partial charge in [0.25, 0.3) is 0 Å². The molecule has 1 heterocycles. The topological polar surface area (TPSA) is 98.9 Å². The summed E-state index contributed by atoms with van der Waals surface area (Å²) < 4.78 is 0. The van der Waals surface area contributed by atoms with Crippen LogP contribution in [0.15, 0.2) is 12.1 Å². The third-order valence-corrected chi connectivity index (χ3v) is 4.28. The molecule has 1 aromatic rings. The summed E-state index contributed by atoms with van der Waals surface area (Å²) in [5.74, 6) is -0.568. The van der Waals surface area contributed by atoms with Gasteiger partial charge in [-0.3, -0.25) is 15.0 Å². The number of benzene rings is 1. The average Bonchev–Trinajstić information content (AvgIpc) is 2.51. The van der Waals surface area contributed by atoms with Gasteiger partial charge in [0.1, 0.15) is 0 Å². The van der Waals surface area contributed by atoms with Crippen molar-refractivity contribution < 1.29 is 15.1 Å². The second kappa shape index (κ2) is 10.7. The Labute approximate surface area is 160 Å². The number of nitrogens with zero attached hydrogens (tertiary/aromatic N) is 2. The Hall–Kier alpha value is -1.28. The normalized spacial score (nSPS) is 16.0. The van der Waals surface area contributed by atoms with Crippen molar-refractivity contribution in [3.8, 4) is 11.5 Å². The van der Waals surface area contributed by atoms with Crippen molar-refractivity contribution >= 4 is 30.5 Å². The number of rotatable bonds is 6. The second-order valence-corrected chi connectivity index (χ2v) is 6.44. The summed E-state index contributed by atoms with van der Waals surface area (Å²) in [7, 11) is 0. The molecule has 7 nitrogen and oxygen atoms in total. The highest BCUT2D eigenvalue weighted by atomic mass is 35.5. The summed E-state index contributed by atoms with van der Waals surface area (Å²) in [6.45, 7) is 7.77. The molecule has 0 aromatic heterocycles. The van der Waals surface area contributed by atoms with Crippen LogP contribution in [-0.2, 0) is 0 Å². The smallest absolute Gasteiger partial charge is 0.314 e. The molecule has 1 aromatic carbocycles. The molecule has 144 valence electrons. The SMILES string of the molecule is CC(C)CC[C@H](c1cc(O)c(O)c([N+](=O)[O-])c1)N1CCNCC1.Cl.Cl. The lowest BCUT2D eigenvalue weighted by Crippen LogP contribution is -2.45. The quantitative estimate of drug-likeness (QED) is 0.388. The summed E-state index contributed by atoms with van der Waals surface area (Å²) >= 11 is 0. The van der Waals surface area contributed by atoms with E-state index in [1.54, 1.807) is 0 Å². The van der Waals surface area contributed by atoms with Crippen LogP contribution in [0.1, 0.15) is 38.3 Å². The Balaban J connectivity index is 0.00000288. The fourth-order valence-electron chi connectivity index (χ4n) is 3.00. The molecule has 0 amide bonds. The average molecular weight is 396 g/mol. The molecule has 9 heteroatoms. The maximum Gasteiger partial charge on any atom is 0.314 e. The predicted octanol–water partition coefficient (Wildman–Crippen LogP) is 3.23. The van der Waals surface area contributed by atoms with Gasteiger partial charge in [-0.05, 0) is 30.4 Å². The molecule has 1 saturated heterocycles. The fraction of sp³-hybridized carbons (Fsp3) is 0.625. The highest BCUT2D eigenvalue weighted by Crippen LogP contribution is 2.40. The third-order valence-electron chi connectivity index (χ3n) is 4.28. The van der Waals surface area contributed by atoms with Crippen molar-refractivity contribution in [1.29, 1.82) is 0 Å². The predicted molar refractivity (Wildman–Crippen MR) is 102 cm³/mol. The van der Waals surface area contributed by atoms with Gasteiger partial charge in [0.2, 0.25) is 5.75 Å². The van der Waals surface area contributed by atoms with Crippen LogP contribution in [0.4, 0.5) is 5.69 Å². The molecule has 0 unspecified atom stereocenters. The molecule has 0 radical (unpaired) electrons. The Morgan fingerprint density at radius 3 is 2.32 bits per heavy atom. The van der Waals surface area contributed by atoms with Gasteiger partial charge in [-0.1, -0.05) is 13.8 Å². The van der Waals surface area contributed by atoms with Crippen LogP contribution in [0.5, 0.6) is 11.5 Å². The molecule has 1 aliphatic rings. The van der Waals surface area contributed by atoms with Crippen molar-refractivity contribution in [3.63, 3.8) is 0 Å². The van der Waals surface area contributed by atoms with Crippen molar-refractivity contribution in [1.82, 2.24) is 10.2 Å². The van der Waals surface area contributed by atoms with E-state index in [0.717, 1.165) is 39.0 Å².